The number of amides is 2. The number of fused-ring (bicyclic) bond motifs is 1. The second-order valence-electron chi connectivity index (χ2n) is 6.86. The molecule has 4 heteroatoms. The summed E-state index contributed by atoms with van der Waals surface area (Å²) in [6.45, 7) is 2.84. The predicted octanol–water partition coefficient (Wildman–Crippen LogP) is 3.80. The number of rotatable bonds is 4. The van der Waals surface area contributed by atoms with Crippen molar-refractivity contribution in [2.75, 3.05) is 16.8 Å². The highest BCUT2D eigenvalue weighted by Gasteiger charge is 2.36. The summed E-state index contributed by atoms with van der Waals surface area (Å²) in [5.41, 5.74) is 4.72. The van der Waals surface area contributed by atoms with Gasteiger partial charge in [-0.3, -0.25) is 9.59 Å². The van der Waals surface area contributed by atoms with Gasteiger partial charge in [-0.2, -0.15) is 0 Å². The van der Waals surface area contributed by atoms with Crippen LogP contribution in [0.2, 0.25) is 0 Å². The van der Waals surface area contributed by atoms with Gasteiger partial charge in [-0.05, 0) is 61.1 Å². The molecule has 2 aromatic carbocycles. The normalized spacial score (nSPS) is 15.8. The molecule has 1 N–H and O–H groups in total. The van der Waals surface area contributed by atoms with Crippen LogP contribution in [0, 0.1) is 5.92 Å². The first-order valence-corrected chi connectivity index (χ1v) is 9.00. The maximum Gasteiger partial charge on any atom is 0.255 e. The number of hydrogen-bond donors (Lipinski definition) is 1. The van der Waals surface area contributed by atoms with Gasteiger partial charge in [0.15, 0.2) is 0 Å². The molecule has 2 aromatic rings. The van der Waals surface area contributed by atoms with Crippen LogP contribution in [0.4, 0.5) is 11.4 Å². The van der Waals surface area contributed by atoms with Gasteiger partial charge in [-0.15, -0.1) is 0 Å². The van der Waals surface area contributed by atoms with Crippen LogP contribution in [0.1, 0.15) is 41.3 Å². The van der Waals surface area contributed by atoms with Crippen molar-refractivity contribution in [3.63, 3.8) is 0 Å². The van der Waals surface area contributed by atoms with E-state index >= 15 is 0 Å². The van der Waals surface area contributed by atoms with Crippen molar-refractivity contribution in [2.45, 2.75) is 32.6 Å². The minimum atomic E-state index is -0.124. The Balaban J connectivity index is 1.52. The molecular formula is C21H22N2O2. The van der Waals surface area contributed by atoms with Crippen LogP contribution in [0.15, 0.2) is 42.5 Å². The maximum absolute atomic E-state index is 12.5. The molecule has 1 aliphatic carbocycles. The minimum Gasteiger partial charge on any atom is -0.322 e. The lowest BCUT2D eigenvalue weighted by atomic mass is 10.1. The molecular weight excluding hydrogens is 312 g/mol. The van der Waals surface area contributed by atoms with Crippen LogP contribution in [-0.2, 0) is 17.6 Å². The van der Waals surface area contributed by atoms with E-state index in [1.165, 1.54) is 11.1 Å². The molecule has 0 bridgehead atoms. The van der Waals surface area contributed by atoms with Crippen LogP contribution in [0.25, 0.3) is 0 Å². The lowest BCUT2D eigenvalue weighted by Gasteiger charge is -2.18. The smallest absolute Gasteiger partial charge is 0.255 e. The van der Waals surface area contributed by atoms with Gasteiger partial charge < -0.3 is 10.2 Å². The minimum absolute atomic E-state index is 0.124. The van der Waals surface area contributed by atoms with Gasteiger partial charge >= 0.3 is 0 Å². The van der Waals surface area contributed by atoms with Gasteiger partial charge in [0, 0.05) is 29.4 Å². The predicted molar refractivity (Wildman–Crippen MR) is 99.0 cm³/mol. The molecule has 1 aliphatic heterocycles. The Morgan fingerprint density at radius 3 is 2.56 bits per heavy atom. The fourth-order valence-corrected chi connectivity index (χ4v) is 3.33. The third-order valence-corrected chi connectivity index (χ3v) is 5.06. The monoisotopic (exact) mass is 334 g/mol. The molecule has 0 aromatic heterocycles. The average Bonchev–Trinajstić information content (AvgIpc) is 3.41. The van der Waals surface area contributed by atoms with Crippen LogP contribution in [0.5, 0.6) is 0 Å². The zero-order valence-electron chi connectivity index (χ0n) is 14.4. The summed E-state index contributed by atoms with van der Waals surface area (Å²) in [6.07, 6.45) is 3.86. The Kier molecular flexibility index (Phi) is 4.04. The number of aryl methyl sites for hydroxylation is 1. The third-order valence-electron chi connectivity index (χ3n) is 5.06. The van der Waals surface area contributed by atoms with Crippen LogP contribution in [0.3, 0.4) is 0 Å². The van der Waals surface area contributed by atoms with E-state index in [4.69, 9.17) is 0 Å². The van der Waals surface area contributed by atoms with E-state index in [1.54, 1.807) is 0 Å². The molecule has 25 heavy (non-hydrogen) atoms. The van der Waals surface area contributed by atoms with Gasteiger partial charge in [0.25, 0.3) is 5.91 Å². The number of carbonyl (C=O) groups excluding carboxylic acids is 2. The highest BCUT2D eigenvalue weighted by Crippen LogP contribution is 2.37. The fraction of sp³-hybridized carbons (Fsp3) is 0.333. The summed E-state index contributed by atoms with van der Waals surface area (Å²) < 4.78 is 0. The van der Waals surface area contributed by atoms with Crippen molar-refractivity contribution < 1.29 is 9.59 Å². The summed E-state index contributed by atoms with van der Waals surface area (Å²) in [5, 5.41) is 2.95. The lowest BCUT2D eigenvalue weighted by molar-refractivity contribution is -0.119. The lowest BCUT2D eigenvalue weighted by Crippen LogP contribution is -2.30. The Labute approximate surface area is 147 Å². The van der Waals surface area contributed by atoms with E-state index in [0.29, 0.717) is 5.56 Å². The van der Waals surface area contributed by atoms with E-state index in [9.17, 15) is 9.59 Å². The number of hydrogen-bond acceptors (Lipinski definition) is 2. The molecule has 1 saturated carbocycles. The topological polar surface area (TPSA) is 49.4 Å². The van der Waals surface area contributed by atoms with Crippen molar-refractivity contribution in [1.29, 1.82) is 0 Å². The number of benzene rings is 2. The highest BCUT2D eigenvalue weighted by molar-refractivity contribution is 6.05. The van der Waals surface area contributed by atoms with Crippen molar-refractivity contribution in [3.05, 3.63) is 59.2 Å². The van der Waals surface area contributed by atoms with Gasteiger partial charge in [0.05, 0.1) is 0 Å². The van der Waals surface area contributed by atoms with Crippen LogP contribution in [-0.4, -0.2) is 18.4 Å². The molecule has 0 spiro atoms. The summed E-state index contributed by atoms with van der Waals surface area (Å²) in [6, 6.07) is 13.5. The number of nitrogens with one attached hydrogen (secondary N) is 1. The summed E-state index contributed by atoms with van der Waals surface area (Å²) in [7, 11) is 0. The van der Waals surface area contributed by atoms with Crippen molar-refractivity contribution in [3.8, 4) is 0 Å². The van der Waals surface area contributed by atoms with E-state index < -0.39 is 0 Å². The second-order valence-corrected chi connectivity index (χ2v) is 6.86. The fourth-order valence-electron chi connectivity index (χ4n) is 3.33. The van der Waals surface area contributed by atoms with E-state index in [2.05, 4.69) is 12.2 Å². The molecule has 1 heterocycles. The molecule has 2 aliphatic rings. The molecule has 4 nitrogen and oxygen atoms in total. The van der Waals surface area contributed by atoms with Gasteiger partial charge in [-0.1, -0.05) is 25.1 Å². The van der Waals surface area contributed by atoms with Crippen molar-refractivity contribution in [2.24, 2.45) is 5.92 Å². The van der Waals surface area contributed by atoms with Gasteiger partial charge in [0.1, 0.15) is 0 Å². The highest BCUT2D eigenvalue weighted by atomic mass is 16.2. The molecule has 128 valence electrons. The maximum atomic E-state index is 12.5. The van der Waals surface area contributed by atoms with Crippen molar-refractivity contribution >= 4 is 23.2 Å². The van der Waals surface area contributed by atoms with Crippen LogP contribution < -0.4 is 10.2 Å². The first-order chi connectivity index (χ1) is 12.2. The standard InChI is InChI=1S/C21H22N2O2/c1-2-14-3-5-16(6-4-14)20(24)22-18-10-9-15-11-12-23(19(15)13-18)21(25)17-7-8-17/h3-6,9-10,13,17H,2,7-8,11-12H2,1H3,(H,22,24). The Hall–Kier alpha value is -2.62. The number of anilines is 2. The zero-order valence-corrected chi connectivity index (χ0v) is 14.4. The SMILES string of the molecule is CCc1ccc(C(=O)Nc2ccc3c(c2)N(C(=O)C2CC2)CC3)cc1. The number of carbonyl (C=O) groups is 2. The summed E-state index contributed by atoms with van der Waals surface area (Å²) in [5.74, 6) is 0.319. The average molecular weight is 334 g/mol. The summed E-state index contributed by atoms with van der Waals surface area (Å²) >= 11 is 0. The molecule has 4 rings (SSSR count). The Morgan fingerprint density at radius 2 is 1.88 bits per heavy atom. The molecule has 0 radical (unpaired) electrons. The Morgan fingerprint density at radius 1 is 1.12 bits per heavy atom. The van der Waals surface area contributed by atoms with Gasteiger partial charge in [-0.25, -0.2) is 0 Å². The molecule has 2 amide bonds. The van der Waals surface area contributed by atoms with E-state index in [0.717, 1.165) is 43.6 Å². The van der Waals surface area contributed by atoms with E-state index in [1.807, 2.05) is 47.4 Å². The van der Waals surface area contributed by atoms with E-state index in [-0.39, 0.29) is 17.7 Å². The Bertz CT molecular complexity index is 822. The number of nitrogens with zero attached hydrogens (tertiary/aromatic N) is 1. The van der Waals surface area contributed by atoms with Gasteiger partial charge in [0.2, 0.25) is 5.91 Å². The molecule has 0 atom stereocenters. The molecule has 0 saturated heterocycles. The molecule has 1 fully saturated rings. The zero-order chi connectivity index (χ0) is 17.4. The van der Waals surface area contributed by atoms with Crippen LogP contribution >= 0.6 is 0 Å². The first kappa shape index (κ1) is 15.9. The van der Waals surface area contributed by atoms with Crippen molar-refractivity contribution in [1.82, 2.24) is 0 Å². The molecule has 0 unspecified atom stereocenters. The quantitative estimate of drug-likeness (QED) is 0.924. The third kappa shape index (κ3) is 3.16. The second kappa shape index (κ2) is 6.36. The first-order valence-electron chi connectivity index (χ1n) is 9.00. The summed E-state index contributed by atoms with van der Waals surface area (Å²) in [4.78, 5) is 26.8. The largest absolute Gasteiger partial charge is 0.322 e.